The predicted molar refractivity (Wildman–Crippen MR) is 122 cm³/mol. The maximum Gasteiger partial charge on any atom is 0.220 e. The third-order valence-corrected chi connectivity index (χ3v) is 7.64. The molecular formula is C28H34N+. The molecule has 0 spiro atoms. The molecule has 1 aromatic heterocycles. The van der Waals surface area contributed by atoms with E-state index in [1.165, 1.54) is 84.5 Å². The van der Waals surface area contributed by atoms with E-state index < -0.39 is 0 Å². The fourth-order valence-electron chi connectivity index (χ4n) is 5.97. The van der Waals surface area contributed by atoms with Crippen LogP contribution in [0.3, 0.4) is 0 Å². The third-order valence-electron chi connectivity index (χ3n) is 7.64. The van der Waals surface area contributed by atoms with Crippen LogP contribution in [0.4, 0.5) is 0 Å². The van der Waals surface area contributed by atoms with Crippen molar-refractivity contribution in [1.29, 1.82) is 0 Å². The number of pyridine rings is 1. The van der Waals surface area contributed by atoms with Crippen LogP contribution in [0, 0.1) is 13.8 Å². The average Bonchev–Trinajstić information content (AvgIpc) is 3.43. The van der Waals surface area contributed by atoms with Crippen LogP contribution in [0.25, 0.3) is 22.0 Å². The molecule has 1 heterocycles. The molecule has 29 heavy (non-hydrogen) atoms. The van der Waals surface area contributed by atoms with E-state index in [1.807, 2.05) is 0 Å². The first-order chi connectivity index (χ1) is 14.1. The second-order valence-electron chi connectivity index (χ2n) is 9.61. The summed E-state index contributed by atoms with van der Waals surface area (Å²) in [6.45, 7) is 4.60. The Bertz CT molecular complexity index is 1040. The summed E-state index contributed by atoms with van der Waals surface area (Å²) in [6, 6.07) is 14.3. The zero-order chi connectivity index (χ0) is 20.0. The molecule has 2 aliphatic rings. The summed E-state index contributed by atoms with van der Waals surface area (Å²) in [5, 5.41) is 2.73. The van der Waals surface area contributed by atoms with Gasteiger partial charge in [-0.3, -0.25) is 0 Å². The normalized spacial score (nSPS) is 18.2. The second-order valence-corrected chi connectivity index (χ2v) is 9.61. The van der Waals surface area contributed by atoms with Gasteiger partial charge in [-0.25, -0.2) is 4.57 Å². The number of rotatable bonds is 3. The lowest BCUT2D eigenvalue weighted by Gasteiger charge is -2.21. The topological polar surface area (TPSA) is 3.88 Å². The number of aromatic nitrogens is 1. The fourth-order valence-corrected chi connectivity index (χ4v) is 5.97. The van der Waals surface area contributed by atoms with Crippen LogP contribution in [0.15, 0.2) is 42.6 Å². The smallest absolute Gasteiger partial charge is 0.200 e. The molecular weight excluding hydrogens is 350 g/mol. The number of benzene rings is 2. The highest BCUT2D eigenvalue weighted by atomic mass is 14.9. The standard InChI is InChI=1S/C28H34N/c1-19-12-13-23-14-15-29(3)28(27(23)16-19)26-18-24(21-8-4-5-9-21)17-25(20(26)2)22-10-6-7-11-22/h12-18,21-22H,4-11H2,1-3H3/q+1. The Labute approximate surface area is 175 Å². The molecule has 0 aliphatic heterocycles. The zero-order valence-corrected chi connectivity index (χ0v) is 18.3. The van der Waals surface area contributed by atoms with Crippen LogP contribution < -0.4 is 4.57 Å². The Morgan fingerprint density at radius 1 is 0.793 bits per heavy atom. The van der Waals surface area contributed by atoms with Crippen LogP contribution in [0.1, 0.15) is 85.5 Å². The minimum absolute atomic E-state index is 0.761. The average molecular weight is 385 g/mol. The summed E-state index contributed by atoms with van der Waals surface area (Å²) in [5.41, 5.74) is 8.97. The Morgan fingerprint density at radius 2 is 1.48 bits per heavy atom. The molecule has 5 rings (SSSR count). The molecule has 0 amide bonds. The third kappa shape index (κ3) is 3.39. The Morgan fingerprint density at radius 3 is 2.21 bits per heavy atom. The van der Waals surface area contributed by atoms with E-state index in [1.54, 1.807) is 11.1 Å². The van der Waals surface area contributed by atoms with Crippen LogP contribution in [0.2, 0.25) is 0 Å². The first-order valence-electron chi connectivity index (χ1n) is 11.7. The van der Waals surface area contributed by atoms with Gasteiger partial charge in [0.2, 0.25) is 5.69 Å². The van der Waals surface area contributed by atoms with E-state index in [0.717, 1.165) is 11.8 Å². The molecule has 2 aromatic carbocycles. The van der Waals surface area contributed by atoms with Gasteiger partial charge >= 0.3 is 0 Å². The highest BCUT2D eigenvalue weighted by Gasteiger charge is 2.27. The van der Waals surface area contributed by atoms with Crippen molar-refractivity contribution in [3.05, 3.63) is 64.8 Å². The molecule has 2 saturated carbocycles. The molecule has 0 saturated heterocycles. The van der Waals surface area contributed by atoms with E-state index >= 15 is 0 Å². The van der Waals surface area contributed by atoms with Gasteiger partial charge in [0.05, 0.1) is 10.9 Å². The van der Waals surface area contributed by atoms with Gasteiger partial charge in [-0.1, -0.05) is 49.4 Å². The molecule has 0 radical (unpaired) electrons. The molecule has 0 atom stereocenters. The van der Waals surface area contributed by atoms with Gasteiger partial charge in [-0.05, 0) is 85.6 Å². The lowest BCUT2D eigenvalue weighted by molar-refractivity contribution is -0.659. The predicted octanol–water partition coefficient (Wildman–Crippen LogP) is 7.26. The van der Waals surface area contributed by atoms with Gasteiger partial charge in [0.15, 0.2) is 6.20 Å². The Hall–Kier alpha value is -2.15. The molecule has 2 aliphatic carbocycles. The van der Waals surface area contributed by atoms with Crippen molar-refractivity contribution in [2.24, 2.45) is 7.05 Å². The number of fused-ring (bicyclic) bond motifs is 1. The quantitative estimate of drug-likeness (QED) is 0.418. The molecule has 150 valence electrons. The largest absolute Gasteiger partial charge is 0.220 e. The van der Waals surface area contributed by atoms with Crippen molar-refractivity contribution in [2.45, 2.75) is 77.0 Å². The highest BCUT2D eigenvalue weighted by Crippen LogP contribution is 2.43. The highest BCUT2D eigenvalue weighted by molar-refractivity contribution is 5.94. The van der Waals surface area contributed by atoms with Gasteiger partial charge in [-0.15, -0.1) is 0 Å². The van der Waals surface area contributed by atoms with E-state index in [-0.39, 0.29) is 0 Å². The van der Waals surface area contributed by atoms with Gasteiger partial charge < -0.3 is 0 Å². The molecule has 2 fully saturated rings. The van der Waals surface area contributed by atoms with Crippen LogP contribution >= 0.6 is 0 Å². The van der Waals surface area contributed by atoms with E-state index in [9.17, 15) is 0 Å². The van der Waals surface area contributed by atoms with Crippen molar-refractivity contribution in [1.82, 2.24) is 0 Å². The number of aryl methyl sites for hydroxylation is 2. The maximum absolute atomic E-state index is 2.61. The maximum atomic E-state index is 2.61. The van der Waals surface area contributed by atoms with Crippen molar-refractivity contribution in [3.63, 3.8) is 0 Å². The van der Waals surface area contributed by atoms with E-state index in [2.05, 4.69) is 68.1 Å². The van der Waals surface area contributed by atoms with Crippen molar-refractivity contribution < 1.29 is 4.57 Å². The summed E-state index contributed by atoms with van der Waals surface area (Å²) >= 11 is 0. The monoisotopic (exact) mass is 384 g/mol. The molecule has 0 bridgehead atoms. The van der Waals surface area contributed by atoms with Crippen LogP contribution in [-0.2, 0) is 7.05 Å². The fraction of sp³-hybridized carbons (Fsp3) is 0.464. The summed E-state index contributed by atoms with van der Waals surface area (Å²) in [7, 11) is 2.22. The van der Waals surface area contributed by atoms with E-state index in [0.29, 0.717) is 0 Å². The Kier molecular flexibility index (Phi) is 4.94. The van der Waals surface area contributed by atoms with E-state index in [4.69, 9.17) is 0 Å². The lowest BCUT2D eigenvalue weighted by atomic mass is 9.83. The summed E-state index contributed by atoms with van der Waals surface area (Å²) in [6.07, 6.45) is 13.3. The summed E-state index contributed by atoms with van der Waals surface area (Å²) < 4.78 is 2.35. The second kappa shape index (κ2) is 7.59. The minimum atomic E-state index is 0.761. The summed E-state index contributed by atoms with van der Waals surface area (Å²) in [4.78, 5) is 0. The molecule has 0 N–H and O–H groups in total. The van der Waals surface area contributed by atoms with Crippen LogP contribution in [0.5, 0.6) is 0 Å². The summed E-state index contributed by atoms with van der Waals surface area (Å²) in [5.74, 6) is 1.52. The molecule has 1 nitrogen and oxygen atoms in total. The first kappa shape index (κ1) is 18.9. The minimum Gasteiger partial charge on any atom is -0.200 e. The Balaban J connectivity index is 1.77. The van der Waals surface area contributed by atoms with Crippen molar-refractivity contribution in [3.8, 4) is 11.3 Å². The van der Waals surface area contributed by atoms with Gasteiger partial charge in [0.1, 0.15) is 7.05 Å². The molecule has 0 unspecified atom stereocenters. The molecule has 3 aromatic rings. The SMILES string of the molecule is Cc1ccc2cc[n+](C)c(-c3cc(C4CCCC4)cc(C4CCCC4)c3C)c2c1. The molecule has 1 heteroatoms. The van der Waals surface area contributed by atoms with Crippen molar-refractivity contribution >= 4 is 10.8 Å². The van der Waals surface area contributed by atoms with Crippen LogP contribution in [-0.4, -0.2) is 0 Å². The number of hydrogen-bond acceptors (Lipinski definition) is 0. The lowest BCUT2D eigenvalue weighted by Crippen LogP contribution is -2.31. The van der Waals surface area contributed by atoms with Gasteiger partial charge in [0, 0.05) is 6.07 Å². The zero-order valence-electron chi connectivity index (χ0n) is 18.3. The number of nitrogens with zero attached hydrogens (tertiary/aromatic N) is 1. The van der Waals surface area contributed by atoms with Gasteiger partial charge in [0.25, 0.3) is 0 Å². The first-order valence-corrected chi connectivity index (χ1v) is 11.7. The van der Waals surface area contributed by atoms with Crippen molar-refractivity contribution in [2.75, 3.05) is 0 Å². The number of hydrogen-bond donors (Lipinski definition) is 0. The van der Waals surface area contributed by atoms with Gasteiger partial charge in [-0.2, -0.15) is 0 Å².